The highest BCUT2D eigenvalue weighted by Crippen LogP contribution is 2.27. The number of ether oxygens (including phenoxy) is 1. The molecule has 1 aliphatic heterocycles. The fraction of sp³-hybridized carbons (Fsp3) is 0.474. The van der Waals surface area contributed by atoms with Crippen molar-refractivity contribution in [3.8, 4) is 5.75 Å². The van der Waals surface area contributed by atoms with Crippen LogP contribution in [0.5, 0.6) is 5.75 Å². The van der Waals surface area contributed by atoms with E-state index in [9.17, 15) is 18.0 Å². The molecule has 1 unspecified atom stereocenters. The number of halogens is 1. The van der Waals surface area contributed by atoms with Gasteiger partial charge in [-0.1, -0.05) is 18.5 Å². The van der Waals surface area contributed by atoms with Gasteiger partial charge in [0, 0.05) is 11.1 Å². The average Bonchev–Trinajstić information content (AvgIpc) is 3.05. The van der Waals surface area contributed by atoms with E-state index in [1.807, 2.05) is 6.92 Å². The first-order valence-corrected chi connectivity index (χ1v) is 11.9. The number of nitrogens with one attached hydrogen (secondary N) is 2. The minimum atomic E-state index is -3.05. The summed E-state index contributed by atoms with van der Waals surface area (Å²) in [5.74, 6) is -3.71. The molecule has 14 heteroatoms. The summed E-state index contributed by atoms with van der Waals surface area (Å²) in [6.45, 7) is 2.33. The van der Waals surface area contributed by atoms with Crippen molar-refractivity contribution in [2.45, 2.75) is 19.4 Å². The number of benzene rings is 1. The van der Waals surface area contributed by atoms with Gasteiger partial charge in [0.05, 0.1) is 37.4 Å². The van der Waals surface area contributed by atoms with E-state index in [-0.39, 0.29) is 42.5 Å². The number of nitrogens with zero attached hydrogens (tertiary/aromatic N) is 1. The molecule has 12 nitrogen and oxygen atoms in total. The Hall–Kier alpha value is -2.90. The highest BCUT2D eigenvalue weighted by atomic mass is 35.5. The number of aliphatic carboxylic acids is 2. The third-order valence-electron chi connectivity index (χ3n) is 4.40. The maximum absolute atomic E-state index is 12.3. The molecule has 0 bridgehead atoms. The maximum atomic E-state index is 12.3. The molecular formula is C19H26ClN3O9S. The number of hydrogen-bond acceptors (Lipinski definition) is 8. The number of carboxylic acids is 2. The molecule has 184 valence electrons. The Balaban J connectivity index is 0.000000801. The molecule has 0 saturated carbocycles. The molecule has 2 rings (SSSR count). The van der Waals surface area contributed by atoms with Crippen LogP contribution in [0.4, 0.5) is 5.69 Å². The second kappa shape index (κ2) is 13.0. The smallest absolute Gasteiger partial charge is 0.414 e. The van der Waals surface area contributed by atoms with Crippen LogP contribution in [0.3, 0.4) is 0 Å². The van der Waals surface area contributed by atoms with Crippen LogP contribution in [0.15, 0.2) is 18.2 Å². The van der Waals surface area contributed by atoms with Crippen molar-refractivity contribution < 1.29 is 42.5 Å². The molecule has 0 aliphatic carbocycles. The van der Waals surface area contributed by atoms with Crippen molar-refractivity contribution >= 4 is 50.9 Å². The molecule has 1 aromatic carbocycles. The Morgan fingerprint density at radius 1 is 1.15 bits per heavy atom. The summed E-state index contributed by atoms with van der Waals surface area (Å²) < 4.78 is 28.1. The number of rotatable bonds is 8. The van der Waals surface area contributed by atoms with Gasteiger partial charge in [-0.05, 0) is 31.2 Å². The fourth-order valence-electron chi connectivity index (χ4n) is 2.84. The zero-order chi connectivity index (χ0) is 25.2. The van der Waals surface area contributed by atoms with E-state index in [0.717, 1.165) is 0 Å². The zero-order valence-corrected chi connectivity index (χ0v) is 19.6. The molecule has 1 heterocycles. The van der Waals surface area contributed by atoms with Crippen molar-refractivity contribution in [1.82, 2.24) is 10.2 Å². The predicted octanol–water partition coefficient (Wildman–Crippen LogP) is 0.0679. The predicted molar refractivity (Wildman–Crippen MR) is 119 cm³/mol. The number of anilines is 1. The molecular weight excluding hydrogens is 482 g/mol. The number of carboxylic acid groups (broad SMARTS) is 2. The summed E-state index contributed by atoms with van der Waals surface area (Å²) in [5, 5.41) is 20.7. The summed E-state index contributed by atoms with van der Waals surface area (Å²) in [4.78, 5) is 44.3. The van der Waals surface area contributed by atoms with Gasteiger partial charge >= 0.3 is 11.9 Å². The van der Waals surface area contributed by atoms with Crippen LogP contribution in [0.2, 0.25) is 5.02 Å². The average molecular weight is 508 g/mol. The first-order chi connectivity index (χ1) is 15.4. The quantitative estimate of drug-likeness (QED) is 0.351. The Morgan fingerprint density at radius 2 is 1.76 bits per heavy atom. The standard InChI is InChI=1S/C17H24ClN3O5S.C2H2O4/c1-3-21(9-16(22)19-13-6-7-27(24,25)11-13)10-17(23)20-14-8-12(18)4-5-15(14)26-2;3-1(4)2(5)6/h4-5,8,13H,3,6-7,9-11H2,1-2H3,(H,19,22)(H,20,23);(H,3,4)(H,5,6). The second-order valence-corrected chi connectivity index (χ2v) is 9.64. The number of methoxy groups -OCH3 is 1. The van der Waals surface area contributed by atoms with Crippen molar-refractivity contribution in [2.24, 2.45) is 0 Å². The van der Waals surface area contributed by atoms with Crippen LogP contribution in [0.1, 0.15) is 13.3 Å². The van der Waals surface area contributed by atoms with E-state index in [4.69, 9.17) is 36.1 Å². The number of amides is 2. The van der Waals surface area contributed by atoms with Gasteiger partial charge in [-0.2, -0.15) is 0 Å². The van der Waals surface area contributed by atoms with Crippen LogP contribution in [-0.4, -0.2) is 91.6 Å². The summed E-state index contributed by atoms with van der Waals surface area (Å²) in [6.07, 6.45) is 0.426. The van der Waals surface area contributed by atoms with E-state index < -0.39 is 21.8 Å². The van der Waals surface area contributed by atoms with Gasteiger partial charge in [-0.15, -0.1) is 0 Å². The SMILES string of the molecule is CCN(CC(=O)Nc1cc(Cl)ccc1OC)CC(=O)NC1CCS(=O)(=O)C1.O=C(O)C(=O)O. The van der Waals surface area contributed by atoms with Gasteiger partial charge in [0.1, 0.15) is 5.75 Å². The third kappa shape index (κ3) is 10.5. The first kappa shape index (κ1) is 28.1. The largest absolute Gasteiger partial charge is 0.495 e. The minimum Gasteiger partial charge on any atom is -0.495 e. The first-order valence-electron chi connectivity index (χ1n) is 9.68. The molecule has 0 radical (unpaired) electrons. The topological polar surface area (TPSA) is 179 Å². The Bertz CT molecular complexity index is 973. The zero-order valence-electron chi connectivity index (χ0n) is 18.0. The molecule has 0 aromatic heterocycles. The van der Waals surface area contributed by atoms with Gasteiger partial charge < -0.3 is 25.6 Å². The lowest BCUT2D eigenvalue weighted by Gasteiger charge is -2.21. The van der Waals surface area contributed by atoms with Crippen LogP contribution in [0.25, 0.3) is 0 Å². The summed E-state index contributed by atoms with van der Waals surface area (Å²) >= 11 is 5.95. The van der Waals surface area contributed by atoms with Gasteiger partial charge in [-0.3, -0.25) is 14.5 Å². The minimum absolute atomic E-state index is 0.00253. The van der Waals surface area contributed by atoms with Crippen LogP contribution in [0, 0.1) is 0 Å². The van der Waals surface area contributed by atoms with Gasteiger partial charge in [0.15, 0.2) is 9.84 Å². The molecule has 1 atom stereocenters. The second-order valence-electron chi connectivity index (χ2n) is 6.97. The Labute approximate surface area is 195 Å². The molecule has 33 heavy (non-hydrogen) atoms. The van der Waals surface area contributed by atoms with E-state index in [2.05, 4.69) is 10.6 Å². The van der Waals surface area contributed by atoms with E-state index in [1.165, 1.54) is 7.11 Å². The number of sulfone groups is 1. The van der Waals surface area contributed by atoms with Crippen LogP contribution < -0.4 is 15.4 Å². The molecule has 2 amide bonds. The van der Waals surface area contributed by atoms with Gasteiger partial charge in [-0.25, -0.2) is 18.0 Å². The van der Waals surface area contributed by atoms with Crippen molar-refractivity contribution in [2.75, 3.05) is 43.6 Å². The van der Waals surface area contributed by atoms with E-state index in [1.54, 1.807) is 23.1 Å². The van der Waals surface area contributed by atoms with Crippen molar-refractivity contribution in [1.29, 1.82) is 0 Å². The van der Waals surface area contributed by atoms with Crippen molar-refractivity contribution in [3.63, 3.8) is 0 Å². The van der Waals surface area contributed by atoms with E-state index in [0.29, 0.717) is 29.4 Å². The molecule has 1 saturated heterocycles. The van der Waals surface area contributed by atoms with E-state index >= 15 is 0 Å². The Morgan fingerprint density at radius 3 is 2.24 bits per heavy atom. The number of carbonyl (C=O) groups is 4. The van der Waals surface area contributed by atoms with Gasteiger partial charge in [0.25, 0.3) is 0 Å². The lowest BCUT2D eigenvalue weighted by Crippen LogP contribution is -2.44. The summed E-state index contributed by atoms with van der Waals surface area (Å²) in [7, 11) is -1.56. The molecule has 1 aliphatic rings. The highest BCUT2D eigenvalue weighted by Gasteiger charge is 2.29. The summed E-state index contributed by atoms with van der Waals surface area (Å²) in [6, 6.07) is 4.54. The maximum Gasteiger partial charge on any atom is 0.414 e. The third-order valence-corrected chi connectivity index (χ3v) is 6.40. The highest BCUT2D eigenvalue weighted by molar-refractivity contribution is 7.91. The fourth-order valence-corrected chi connectivity index (χ4v) is 4.68. The lowest BCUT2D eigenvalue weighted by molar-refractivity contribution is -0.159. The number of likely N-dealkylation sites (N-methyl/N-ethyl adjacent to an activating group) is 1. The summed E-state index contributed by atoms with van der Waals surface area (Å²) in [5.41, 5.74) is 0.451. The van der Waals surface area contributed by atoms with Crippen LogP contribution >= 0.6 is 11.6 Å². The number of hydrogen-bond donors (Lipinski definition) is 4. The monoisotopic (exact) mass is 507 g/mol. The lowest BCUT2D eigenvalue weighted by atomic mass is 10.2. The normalized spacial score (nSPS) is 16.3. The number of carbonyl (C=O) groups excluding carboxylic acids is 2. The van der Waals surface area contributed by atoms with Gasteiger partial charge in [0.2, 0.25) is 11.8 Å². The molecule has 1 fully saturated rings. The molecule has 4 N–H and O–H groups in total. The molecule has 1 aromatic rings. The molecule has 0 spiro atoms. The Kier molecular flexibility index (Phi) is 11.1. The van der Waals surface area contributed by atoms with Crippen LogP contribution in [-0.2, 0) is 29.0 Å². The van der Waals surface area contributed by atoms with Crippen molar-refractivity contribution in [3.05, 3.63) is 23.2 Å².